The van der Waals surface area contributed by atoms with Crippen molar-refractivity contribution in [2.75, 3.05) is 13.1 Å². The fraction of sp³-hybridized carbons (Fsp3) is 0.462. The number of rotatable bonds is 3. The van der Waals surface area contributed by atoms with E-state index in [0.717, 1.165) is 0 Å². The molecule has 2 rings (SSSR count). The number of non-ortho nitro benzene ring substituents is 1. The number of nitrogens with zero attached hydrogens (tertiary/aromatic N) is 3. The lowest BCUT2D eigenvalue weighted by Crippen LogP contribution is -2.41. The molecule has 1 aromatic carbocycles. The van der Waals surface area contributed by atoms with Crippen molar-refractivity contribution in [1.29, 1.82) is 5.26 Å². The monoisotopic (exact) mass is 309 g/mol. The molecule has 0 atom stereocenters. The lowest BCUT2D eigenvalue weighted by molar-refractivity contribution is -0.384. The van der Waals surface area contributed by atoms with Gasteiger partial charge in [0.05, 0.1) is 21.3 Å². The molecular weight excluding hydrogens is 294 g/mol. The Balaban J connectivity index is 2.20. The number of nitriles is 1. The molecule has 7 nitrogen and oxygen atoms in total. The average molecular weight is 309 g/mol. The van der Waals surface area contributed by atoms with E-state index in [9.17, 15) is 18.5 Å². The van der Waals surface area contributed by atoms with Crippen molar-refractivity contribution in [3.8, 4) is 6.07 Å². The molecular formula is C13H15N3O4S. The third-order valence-corrected chi connectivity index (χ3v) is 5.69. The van der Waals surface area contributed by atoms with E-state index in [4.69, 9.17) is 5.26 Å². The smallest absolute Gasteiger partial charge is 0.258 e. The van der Waals surface area contributed by atoms with Gasteiger partial charge in [-0.15, -0.1) is 0 Å². The average Bonchev–Trinajstić information content (AvgIpc) is 2.48. The Hall–Kier alpha value is -1.98. The second kappa shape index (κ2) is 5.42. The molecule has 1 aliphatic rings. The van der Waals surface area contributed by atoms with E-state index < -0.39 is 20.4 Å². The van der Waals surface area contributed by atoms with E-state index in [-0.39, 0.29) is 23.7 Å². The highest BCUT2D eigenvalue weighted by Crippen LogP contribution is 2.32. The van der Waals surface area contributed by atoms with Crippen LogP contribution in [0, 0.1) is 26.9 Å². The fourth-order valence-corrected chi connectivity index (χ4v) is 3.66. The van der Waals surface area contributed by atoms with Gasteiger partial charge in [0.1, 0.15) is 0 Å². The summed E-state index contributed by atoms with van der Waals surface area (Å²) in [5, 5.41) is 19.6. The van der Waals surface area contributed by atoms with Gasteiger partial charge in [0, 0.05) is 25.2 Å². The second-order valence-electron chi connectivity index (χ2n) is 5.33. The van der Waals surface area contributed by atoms with Gasteiger partial charge in [0.25, 0.3) is 5.69 Å². The van der Waals surface area contributed by atoms with Crippen molar-refractivity contribution in [3.05, 3.63) is 34.4 Å². The molecule has 0 bridgehead atoms. The normalized spacial score (nSPS) is 18.9. The number of nitro benzene ring substituents is 1. The van der Waals surface area contributed by atoms with Gasteiger partial charge in [-0.25, -0.2) is 8.42 Å². The molecule has 0 saturated carbocycles. The zero-order chi connectivity index (χ0) is 15.7. The largest absolute Gasteiger partial charge is 0.269 e. The number of piperidine rings is 1. The summed E-state index contributed by atoms with van der Waals surface area (Å²) in [5.41, 5.74) is -0.633. The van der Waals surface area contributed by atoms with Gasteiger partial charge < -0.3 is 0 Å². The van der Waals surface area contributed by atoms with Crippen LogP contribution < -0.4 is 0 Å². The summed E-state index contributed by atoms with van der Waals surface area (Å²) in [7, 11) is -3.66. The number of hydrogen-bond acceptors (Lipinski definition) is 5. The summed E-state index contributed by atoms with van der Waals surface area (Å²) < 4.78 is 26.2. The Morgan fingerprint density at radius 3 is 2.24 bits per heavy atom. The van der Waals surface area contributed by atoms with Crippen molar-refractivity contribution in [2.24, 2.45) is 5.41 Å². The van der Waals surface area contributed by atoms with E-state index in [0.29, 0.717) is 12.8 Å². The highest BCUT2D eigenvalue weighted by Gasteiger charge is 2.35. The summed E-state index contributed by atoms with van der Waals surface area (Å²) in [4.78, 5) is 10.0. The van der Waals surface area contributed by atoms with Crippen LogP contribution in [0.15, 0.2) is 29.2 Å². The fourth-order valence-electron chi connectivity index (χ4n) is 2.22. The topological polar surface area (TPSA) is 104 Å². The first-order valence-electron chi connectivity index (χ1n) is 6.44. The molecule has 1 heterocycles. The van der Waals surface area contributed by atoms with E-state index in [1.165, 1.54) is 28.6 Å². The van der Waals surface area contributed by atoms with E-state index in [1.807, 2.05) is 6.92 Å². The summed E-state index contributed by atoms with van der Waals surface area (Å²) in [6, 6.07) is 7.05. The number of benzene rings is 1. The Morgan fingerprint density at radius 1 is 1.29 bits per heavy atom. The van der Waals surface area contributed by atoms with Crippen molar-refractivity contribution in [1.82, 2.24) is 4.31 Å². The zero-order valence-corrected chi connectivity index (χ0v) is 12.3. The van der Waals surface area contributed by atoms with Gasteiger partial charge in [-0.05, 0) is 31.9 Å². The van der Waals surface area contributed by atoms with Crippen molar-refractivity contribution >= 4 is 15.7 Å². The van der Waals surface area contributed by atoms with Crippen LogP contribution in [-0.4, -0.2) is 30.7 Å². The Morgan fingerprint density at radius 2 is 1.81 bits per heavy atom. The predicted octanol–water partition coefficient (Wildman–Crippen LogP) is 1.91. The third kappa shape index (κ3) is 3.04. The van der Waals surface area contributed by atoms with Gasteiger partial charge in [0.2, 0.25) is 10.0 Å². The maximum absolute atomic E-state index is 12.4. The molecule has 21 heavy (non-hydrogen) atoms. The molecule has 0 aliphatic carbocycles. The first kappa shape index (κ1) is 15.4. The van der Waals surface area contributed by atoms with Crippen LogP contribution in [-0.2, 0) is 10.0 Å². The first-order valence-corrected chi connectivity index (χ1v) is 7.88. The molecule has 1 aromatic rings. The zero-order valence-electron chi connectivity index (χ0n) is 11.5. The van der Waals surface area contributed by atoms with Crippen molar-refractivity contribution in [2.45, 2.75) is 24.7 Å². The number of hydrogen-bond donors (Lipinski definition) is 0. The SMILES string of the molecule is CC1(C#N)CCN(S(=O)(=O)c2ccc([N+](=O)[O-])cc2)CC1. The van der Waals surface area contributed by atoms with E-state index in [1.54, 1.807) is 0 Å². The first-order chi connectivity index (χ1) is 9.78. The van der Waals surface area contributed by atoms with Crippen LogP contribution in [0.2, 0.25) is 0 Å². The van der Waals surface area contributed by atoms with Crippen molar-refractivity contribution < 1.29 is 13.3 Å². The molecule has 0 spiro atoms. The maximum atomic E-state index is 12.4. The minimum Gasteiger partial charge on any atom is -0.258 e. The van der Waals surface area contributed by atoms with Gasteiger partial charge >= 0.3 is 0 Å². The number of nitro groups is 1. The standard InChI is InChI=1S/C13H15N3O4S/c1-13(10-14)6-8-15(9-7-13)21(19,20)12-4-2-11(3-5-12)16(17)18/h2-5H,6-9H2,1H3. The molecule has 1 fully saturated rings. The molecule has 1 aliphatic heterocycles. The van der Waals surface area contributed by atoms with Crippen LogP contribution in [0.3, 0.4) is 0 Å². The van der Waals surface area contributed by atoms with Crippen LogP contribution in [0.1, 0.15) is 19.8 Å². The molecule has 0 aromatic heterocycles. The van der Waals surface area contributed by atoms with Crippen LogP contribution >= 0.6 is 0 Å². The van der Waals surface area contributed by atoms with Gasteiger partial charge in [-0.2, -0.15) is 9.57 Å². The molecule has 0 N–H and O–H groups in total. The summed E-state index contributed by atoms with van der Waals surface area (Å²) in [5.74, 6) is 0. The third-order valence-electron chi connectivity index (χ3n) is 3.78. The summed E-state index contributed by atoms with van der Waals surface area (Å²) >= 11 is 0. The molecule has 112 valence electrons. The van der Waals surface area contributed by atoms with Gasteiger partial charge in [0.15, 0.2) is 0 Å². The number of sulfonamides is 1. The molecule has 8 heteroatoms. The van der Waals surface area contributed by atoms with E-state index >= 15 is 0 Å². The Kier molecular flexibility index (Phi) is 3.98. The molecule has 0 unspecified atom stereocenters. The predicted molar refractivity (Wildman–Crippen MR) is 74.8 cm³/mol. The lowest BCUT2D eigenvalue weighted by Gasteiger charge is -2.34. The Labute approximate surface area is 123 Å². The van der Waals surface area contributed by atoms with Gasteiger partial charge in [-0.1, -0.05) is 0 Å². The molecule has 0 amide bonds. The highest BCUT2D eigenvalue weighted by molar-refractivity contribution is 7.89. The lowest BCUT2D eigenvalue weighted by atomic mass is 9.83. The van der Waals surface area contributed by atoms with Crippen LogP contribution in [0.4, 0.5) is 5.69 Å². The van der Waals surface area contributed by atoms with Gasteiger partial charge in [-0.3, -0.25) is 10.1 Å². The summed E-state index contributed by atoms with van der Waals surface area (Å²) in [6.07, 6.45) is 0.964. The highest BCUT2D eigenvalue weighted by atomic mass is 32.2. The molecule has 0 radical (unpaired) electrons. The second-order valence-corrected chi connectivity index (χ2v) is 7.27. The van der Waals surface area contributed by atoms with Crippen LogP contribution in [0.5, 0.6) is 0 Å². The molecule has 1 saturated heterocycles. The maximum Gasteiger partial charge on any atom is 0.269 e. The van der Waals surface area contributed by atoms with Crippen LogP contribution in [0.25, 0.3) is 0 Å². The van der Waals surface area contributed by atoms with E-state index in [2.05, 4.69) is 6.07 Å². The minimum absolute atomic E-state index is 0.0358. The summed E-state index contributed by atoms with van der Waals surface area (Å²) in [6.45, 7) is 2.38. The quantitative estimate of drug-likeness (QED) is 0.626. The Bertz CT molecular complexity index is 683. The minimum atomic E-state index is -3.66. The van der Waals surface area contributed by atoms with Crippen molar-refractivity contribution in [3.63, 3.8) is 0 Å².